The van der Waals surface area contributed by atoms with Crippen molar-refractivity contribution in [1.82, 2.24) is 9.97 Å². The molecule has 8 nitrogen and oxygen atoms in total. The van der Waals surface area contributed by atoms with Crippen molar-refractivity contribution in [2.45, 2.75) is 0 Å². The lowest BCUT2D eigenvalue weighted by Gasteiger charge is -2.06. The van der Waals surface area contributed by atoms with Gasteiger partial charge in [-0.3, -0.25) is 4.79 Å². The Labute approximate surface area is 103 Å². The molecule has 0 unspecified atom stereocenters. The fourth-order valence-corrected chi connectivity index (χ4v) is 1.06. The molecule has 8 heteroatoms. The summed E-state index contributed by atoms with van der Waals surface area (Å²) in [6.45, 7) is 0.438. The maximum absolute atomic E-state index is 11.4. The zero-order chi connectivity index (χ0) is 13.4. The number of nitrogens with one attached hydrogen (secondary N) is 1. The first-order valence-corrected chi connectivity index (χ1v) is 5.06. The summed E-state index contributed by atoms with van der Waals surface area (Å²) >= 11 is 0. The van der Waals surface area contributed by atoms with Gasteiger partial charge in [0.05, 0.1) is 13.2 Å². The summed E-state index contributed by atoms with van der Waals surface area (Å²) in [5.41, 5.74) is -0.317. The molecule has 0 aliphatic rings. The third-order valence-electron chi connectivity index (χ3n) is 1.82. The molecule has 1 aromatic heterocycles. The highest BCUT2D eigenvalue weighted by Crippen LogP contribution is 2.07. The van der Waals surface area contributed by atoms with E-state index in [-0.39, 0.29) is 24.7 Å². The Kier molecular flexibility index (Phi) is 5.68. The van der Waals surface area contributed by atoms with Crippen LogP contribution in [0, 0.1) is 0 Å². The van der Waals surface area contributed by atoms with Crippen LogP contribution in [0.15, 0.2) is 12.4 Å². The van der Waals surface area contributed by atoms with Gasteiger partial charge < -0.3 is 19.9 Å². The minimum absolute atomic E-state index is 0.106. The number of ether oxygens (including phenoxy) is 2. The van der Waals surface area contributed by atoms with Crippen LogP contribution in [0.5, 0.6) is 0 Å². The first-order valence-electron chi connectivity index (χ1n) is 5.06. The summed E-state index contributed by atoms with van der Waals surface area (Å²) in [4.78, 5) is 29.5. The van der Waals surface area contributed by atoms with Gasteiger partial charge in [-0.05, 0) is 0 Å². The molecule has 0 fully saturated rings. The topological polar surface area (TPSA) is 111 Å². The largest absolute Gasteiger partial charge is 0.476 e. The lowest BCUT2D eigenvalue weighted by molar-refractivity contribution is -0.121. The predicted molar refractivity (Wildman–Crippen MR) is 60.3 cm³/mol. The van der Waals surface area contributed by atoms with Crippen molar-refractivity contribution in [3.8, 4) is 0 Å². The Bertz CT molecular complexity index is 424. The maximum atomic E-state index is 11.4. The maximum Gasteiger partial charge on any atom is 0.358 e. The molecule has 1 heterocycles. The number of carboxylic acids is 1. The number of anilines is 1. The SMILES string of the molecule is COCCOCC(=O)Nc1nccnc1C(=O)O. The van der Waals surface area contributed by atoms with Crippen molar-refractivity contribution in [3.05, 3.63) is 18.1 Å². The molecule has 0 spiro atoms. The average Bonchev–Trinajstić information content (AvgIpc) is 2.35. The number of methoxy groups -OCH3 is 1. The highest BCUT2D eigenvalue weighted by Gasteiger charge is 2.14. The van der Waals surface area contributed by atoms with Gasteiger partial charge >= 0.3 is 5.97 Å². The minimum atomic E-state index is -1.27. The third-order valence-corrected chi connectivity index (χ3v) is 1.82. The third kappa shape index (κ3) is 4.44. The van der Waals surface area contributed by atoms with Gasteiger partial charge in [0.25, 0.3) is 5.91 Å². The summed E-state index contributed by atoms with van der Waals surface area (Å²) in [5, 5.41) is 11.1. The molecule has 0 atom stereocenters. The van der Waals surface area contributed by atoms with Crippen molar-refractivity contribution in [1.29, 1.82) is 0 Å². The quantitative estimate of drug-likeness (QED) is 0.648. The Balaban J connectivity index is 2.51. The summed E-state index contributed by atoms with van der Waals surface area (Å²) in [5.74, 6) is -1.88. The van der Waals surface area contributed by atoms with E-state index in [9.17, 15) is 9.59 Å². The number of amides is 1. The van der Waals surface area contributed by atoms with Crippen molar-refractivity contribution in [2.75, 3.05) is 32.2 Å². The monoisotopic (exact) mass is 255 g/mol. The molecule has 1 rings (SSSR count). The van der Waals surface area contributed by atoms with Gasteiger partial charge in [-0.25, -0.2) is 14.8 Å². The van der Waals surface area contributed by atoms with Crippen LogP contribution < -0.4 is 5.32 Å². The fraction of sp³-hybridized carbons (Fsp3) is 0.400. The number of hydrogen-bond acceptors (Lipinski definition) is 6. The van der Waals surface area contributed by atoms with Gasteiger partial charge in [-0.15, -0.1) is 0 Å². The molecule has 0 bridgehead atoms. The minimum Gasteiger partial charge on any atom is -0.476 e. The molecule has 0 saturated carbocycles. The molecular formula is C10H13N3O5. The molecule has 1 aromatic rings. The molecule has 0 radical (unpaired) electrons. The van der Waals surface area contributed by atoms with Crippen LogP contribution in [0.4, 0.5) is 5.82 Å². The molecule has 2 N–H and O–H groups in total. The molecule has 0 aliphatic heterocycles. The summed E-state index contributed by atoms with van der Waals surface area (Å²) in [7, 11) is 1.52. The molecule has 1 amide bonds. The number of carbonyl (C=O) groups excluding carboxylic acids is 1. The predicted octanol–water partition coefficient (Wildman–Crippen LogP) is -0.224. The highest BCUT2D eigenvalue weighted by atomic mass is 16.5. The second kappa shape index (κ2) is 7.30. The second-order valence-corrected chi connectivity index (χ2v) is 3.15. The molecular weight excluding hydrogens is 242 g/mol. The average molecular weight is 255 g/mol. The normalized spacial score (nSPS) is 10.1. The van der Waals surface area contributed by atoms with E-state index in [1.807, 2.05) is 0 Å². The Hall–Kier alpha value is -2.06. The number of aromatic nitrogens is 2. The lowest BCUT2D eigenvalue weighted by Crippen LogP contribution is -2.22. The highest BCUT2D eigenvalue weighted by molar-refractivity contribution is 5.98. The van der Waals surface area contributed by atoms with Crippen LogP contribution in [-0.2, 0) is 14.3 Å². The second-order valence-electron chi connectivity index (χ2n) is 3.15. The van der Waals surface area contributed by atoms with Crippen LogP contribution in [0.1, 0.15) is 10.5 Å². The molecule has 0 aromatic carbocycles. The number of nitrogens with zero attached hydrogens (tertiary/aromatic N) is 2. The first-order chi connectivity index (χ1) is 8.65. The number of aromatic carboxylic acids is 1. The van der Waals surface area contributed by atoms with Crippen molar-refractivity contribution >= 4 is 17.7 Å². The number of carboxylic acid groups (broad SMARTS) is 1. The van der Waals surface area contributed by atoms with Crippen molar-refractivity contribution in [3.63, 3.8) is 0 Å². The fourth-order valence-electron chi connectivity index (χ4n) is 1.06. The van der Waals surface area contributed by atoms with E-state index in [1.54, 1.807) is 0 Å². The van der Waals surface area contributed by atoms with Crippen molar-refractivity contribution < 1.29 is 24.2 Å². The van der Waals surface area contributed by atoms with E-state index in [0.717, 1.165) is 0 Å². The van der Waals surface area contributed by atoms with Gasteiger partial charge in [0.1, 0.15) is 6.61 Å². The zero-order valence-electron chi connectivity index (χ0n) is 9.75. The molecule has 98 valence electrons. The Morgan fingerprint density at radius 3 is 2.72 bits per heavy atom. The van der Waals surface area contributed by atoms with E-state index in [0.29, 0.717) is 6.61 Å². The summed E-state index contributed by atoms with van der Waals surface area (Å²) < 4.78 is 9.71. The lowest BCUT2D eigenvalue weighted by atomic mass is 10.4. The van der Waals surface area contributed by atoms with Crippen LogP contribution >= 0.6 is 0 Å². The molecule has 18 heavy (non-hydrogen) atoms. The van der Waals surface area contributed by atoms with Gasteiger partial charge in [0.2, 0.25) is 0 Å². The molecule has 0 saturated heterocycles. The standard InChI is InChI=1S/C10H13N3O5/c1-17-4-5-18-6-7(14)13-9-8(10(15)16)11-2-3-12-9/h2-3H,4-6H2,1H3,(H,15,16)(H,12,13,14). The molecule has 0 aliphatic carbocycles. The zero-order valence-corrected chi connectivity index (χ0v) is 9.75. The number of rotatable bonds is 7. The van der Waals surface area contributed by atoms with E-state index in [2.05, 4.69) is 15.3 Å². The van der Waals surface area contributed by atoms with E-state index < -0.39 is 11.9 Å². The van der Waals surface area contributed by atoms with Crippen LogP contribution in [0.2, 0.25) is 0 Å². The first kappa shape index (κ1) is 14.0. The van der Waals surface area contributed by atoms with Gasteiger partial charge in [-0.2, -0.15) is 0 Å². The smallest absolute Gasteiger partial charge is 0.358 e. The van der Waals surface area contributed by atoms with Crippen LogP contribution in [-0.4, -0.2) is 53.9 Å². The van der Waals surface area contributed by atoms with E-state index in [4.69, 9.17) is 14.6 Å². The summed E-state index contributed by atoms with van der Waals surface area (Å²) in [6, 6.07) is 0. The number of hydrogen-bond donors (Lipinski definition) is 2. The van der Waals surface area contributed by atoms with Gasteiger partial charge in [-0.1, -0.05) is 0 Å². The Morgan fingerprint density at radius 1 is 1.33 bits per heavy atom. The van der Waals surface area contributed by atoms with E-state index in [1.165, 1.54) is 19.5 Å². The van der Waals surface area contributed by atoms with Crippen LogP contribution in [0.25, 0.3) is 0 Å². The summed E-state index contributed by atoms with van der Waals surface area (Å²) in [6.07, 6.45) is 2.52. The van der Waals surface area contributed by atoms with Gasteiger partial charge in [0, 0.05) is 19.5 Å². The van der Waals surface area contributed by atoms with E-state index >= 15 is 0 Å². The van der Waals surface area contributed by atoms with Crippen LogP contribution in [0.3, 0.4) is 0 Å². The number of carbonyl (C=O) groups is 2. The Morgan fingerprint density at radius 2 is 2.06 bits per heavy atom. The van der Waals surface area contributed by atoms with Gasteiger partial charge in [0.15, 0.2) is 11.5 Å². The van der Waals surface area contributed by atoms with Crippen molar-refractivity contribution in [2.24, 2.45) is 0 Å².